The molecule has 2 aliphatic rings. The van der Waals surface area contributed by atoms with Crippen LogP contribution in [0.15, 0.2) is 36.8 Å². The Labute approximate surface area is 200 Å². The lowest BCUT2D eigenvalue weighted by Gasteiger charge is -2.41. The number of hydrogen-bond donors (Lipinski definition) is 0. The number of anilines is 1. The summed E-state index contributed by atoms with van der Waals surface area (Å²) in [6.07, 6.45) is 5.99. The van der Waals surface area contributed by atoms with Gasteiger partial charge in [-0.1, -0.05) is 6.07 Å². The van der Waals surface area contributed by atoms with E-state index in [9.17, 15) is 4.79 Å². The molecule has 2 fully saturated rings. The van der Waals surface area contributed by atoms with Crippen molar-refractivity contribution in [3.8, 4) is 11.4 Å². The van der Waals surface area contributed by atoms with E-state index in [-0.39, 0.29) is 12.1 Å². The Balaban J connectivity index is 1.50. The van der Waals surface area contributed by atoms with Crippen LogP contribution in [0.5, 0.6) is 5.75 Å². The summed E-state index contributed by atoms with van der Waals surface area (Å²) in [4.78, 5) is 26.2. The van der Waals surface area contributed by atoms with Crippen molar-refractivity contribution in [3.05, 3.63) is 42.4 Å². The van der Waals surface area contributed by atoms with E-state index in [1.54, 1.807) is 18.3 Å². The van der Waals surface area contributed by atoms with Gasteiger partial charge in [-0.25, -0.2) is 14.8 Å². The number of amides is 1. The Bertz CT molecular complexity index is 1210. The Morgan fingerprint density at radius 3 is 2.62 bits per heavy atom. The molecule has 0 bridgehead atoms. The summed E-state index contributed by atoms with van der Waals surface area (Å²) in [5, 5.41) is 1.12. The number of benzene rings is 1. The Morgan fingerprint density at radius 2 is 1.94 bits per heavy atom. The molecule has 1 amide bonds. The second-order valence-corrected chi connectivity index (χ2v) is 10.3. The molecule has 3 heterocycles. The van der Waals surface area contributed by atoms with Gasteiger partial charge < -0.3 is 23.8 Å². The highest BCUT2D eigenvalue weighted by Crippen LogP contribution is 2.46. The van der Waals surface area contributed by atoms with Crippen molar-refractivity contribution < 1.29 is 14.3 Å². The molecule has 1 saturated heterocycles. The minimum Gasteiger partial charge on any atom is -0.497 e. The molecule has 5 rings (SSSR count). The van der Waals surface area contributed by atoms with E-state index in [4.69, 9.17) is 19.4 Å². The highest BCUT2D eigenvalue weighted by atomic mass is 16.6. The van der Waals surface area contributed by atoms with Crippen LogP contribution in [-0.2, 0) is 4.74 Å². The smallest absolute Gasteiger partial charge is 0.410 e. The third-order valence-corrected chi connectivity index (χ3v) is 6.49. The normalized spacial score (nSPS) is 18.9. The molecule has 8 nitrogen and oxygen atoms in total. The quantitative estimate of drug-likeness (QED) is 0.556. The minimum absolute atomic E-state index is 0.103. The van der Waals surface area contributed by atoms with Gasteiger partial charge in [-0.15, -0.1) is 0 Å². The summed E-state index contributed by atoms with van der Waals surface area (Å²) in [6.45, 7) is 9.72. The number of nitrogens with zero attached hydrogens (tertiary/aromatic N) is 5. The predicted octanol–water partition coefficient (Wildman–Crippen LogP) is 4.75. The van der Waals surface area contributed by atoms with Crippen molar-refractivity contribution in [2.75, 3.05) is 31.6 Å². The molecule has 0 radical (unpaired) electrons. The van der Waals surface area contributed by atoms with Gasteiger partial charge in [-0.2, -0.15) is 0 Å². The van der Waals surface area contributed by atoms with Crippen LogP contribution >= 0.6 is 0 Å². The van der Waals surface area contributed by atoms with Crippen LogP contribution in [0.1, 0.15) is 52.0 Å². The van der Waals surface area contributed by atoms with E-state index in [0.29, 0.717) is 25.6 Å². The van der Waals surface area contributed by atoms with Gasteiger partial charge in [0.2, 0.25) is 0 Å². The fourth-order valence-electron chi connectivity index (χ4n) is 4.72. The first-order valence-corrected chi connectivity index (χ1v) is 12.0. The van der Waals surface area contributed by atoms with E-state index in [2.05, 4.69) is 28.7 Å². The lowest BCUT2D eigenvalue weighted by atomic mass is 10.1. The number of aromatic nitrogens is 3. The van der Waals surface area contributed by atoms with Gasteiger partial charge in [0.15, 0.2) is 0 Å². The molecule has 1 saturated carbocycles. The Hall–Kier alpha value is -3.29. The molecule has 8 heteroatoms. The third kappa shape index (κ3) is 4.29. The fourth-order valence-corrected chi connectivity index (χ4v) is 4.72. The third-order valence-electron chi connectivity index (χ3n) is 6.49. The molecule has 0 spiro atoms. The number of carbonyl (C=O) groups excluding carboxylic acids is 1. The maximum Gasteiger partial charge on any atom is 0.410 e. The summed E-state index contributed by atoms with van der Waals surface area (Å²) >= 11 is 0. The Morgan fingerprint density at radius 1 is 1.15 bits per heavy atom. The largest absolute Gasteiger partial charge is 0.497 e. The van der Waals surface area contributed by atoms with Gasteiger partial charge in [0, 0.05) is 37.9 Å². The zero-order valence-corrected chi connectivity index (χ0v) is 20.6. The average molecular weight is 464 g/mol. The topological polar surface area (TPSA) is 72.7 Å². The lowest BCUT2D eigenvalue weighted by molar-refractivity contribution is 0.0218. The molecule has 0 N–H and O–H groups in total. The molecule has 3 aromatic rings. The number of piperazine rings is 1. The van der Waals surface area contributed by atoms with Crippen molar-refractivity contribution in [1.82, 2.24) is 19.4 Å². The number of carbonyl (C=O) groups is 1. The monoisotopic (exact) mass is 463 g/mol. The van der Waals surface area contributed by atoms with Gasteiger partial charge in [-0.3, -0.25) is 0 Å². The number of hydrogen-bond acceptors (Lipinski definition) is 6. The van der Waals surface area contributed by atoms with Crippen molar-refractivity contribution in [2.24, 2.45) is 0 Å². The number of rotatable bonds is 4. The molecule has 1 aromatic carbocycles. The summed E-state index contributed by atoms with van der Waals surface area (Å²) in [7, 11) is 1.68. The zero-order chi connectivity index (χ0) is 24.0. The number of ether oxygens (including phenoxy) is 2. The summed E-state index contributed by atoms with van der Waals surface area (Å²) in [5.41, 5.74) is 2.72. The van der Waals surface area contributed by atoms with Crippen LogP contribution < -0.4 is 9.64 Å². The van der Waals surface area contributed by atoms with E-state index < -0.39 is 5.60 Å². The van der Waals surface area contributed by atoms with Gasteiger partial charge in [-0.05, 0) is 64.2 Å². The molecular weight excluding hydrogens is 430 g/mol. The minimum atomic E-state index is -0.502. The molecule has 1 aliphatic carbocycles. The van der Waals surface area contributed by atoms with E-state index in [1.165, 1.54) is 18.4 Å². The molecule has 1 atom stereocenters. The van der Waals surface area contributed by atoms with Crippen LogP contribution in [0, 0.1) is 0 Å². The first-order chi connectivity index (χ1) is 16.2. The van der Waals surface area contributed by atoms with Crippen LogP contribution in [0.4, 0.5) is 10.6 Å². The standard InChI is InChI=1S/C26H33N5O3/c1-17-14-29(25(32)34-26(2,3)4)11-12-30(17)23-22-21(18-9-10-18)15-31(24(22)28-16-27-23)19-7-6-8-20(13-19)33-5/h6-8,13,15-18H,9-12,14H2,1-5H3/t17-/m0/s1. The van der Waals surface area contributed by atoms with Crippen molar-refractivity contribution in [1.29, 1.82) is 0 Å². The van der Waals surface area contributed by atoms with E-state index in [0.717, 1.165) is 28.3 Å². The molecule has 180 valence electrons. The van der Waals surface area contributed by atoms with Crippen molar-refractivity contribution in [2.45, 2.75) is 58.1 Å². The first kappa shape index (κ1) is 22.5. The average Bonchev–Trinajstić information content (AvgIpc) is 3.57. The van der Waals surface area contributed by atoms with E-state index in [1.807, 2.05) is 39.0 Å². The van der Waals surface area contributed by atoms with Gasteiger partial charge >= 0.3 is 6.09 Å². The predicted molar refractivity (Wildman–Crippen MR) is 132 cm³/mol. The molecule has 1 aliphatic heterocycles. The van der Waals surface area contributed by atoms with Crippen LogP contribution in [0.2, 0.25) is 0 Å². The highest BCUT2D eigenvalue weighted by molar-refractivity contribution is 5.93. The number of methoxy groups -OCH3 is 1. The second-order valence-electron chi connectivity index (χ2n) is 10.3. The van der Waals surface area contributed by atoms with Gasteiger partial charge in [0.1, 0.15) is 29.1 Å². The maximum atomic E-state index is 12.6. The summed E-state index contributed by atoms with van der Waals surface area (Å²) in [5.74, 6) is 2.30. The molecular formula is C26H33N5O3. The van der Waals surface area contributed by atoms with Gasteiger partial charge in [0.25, 0.3) is 0 Å². The zero-order valence-electron chi connectivity index (χ0n) is 20.6. The van der Waals surface area contributed by atoms with Gasteiger partial charge in [0.05, 0.1) is 18.2 Å². The van der Waals surface area contributed by atoms with Crippen LogP contribution in [0.3, 0.4) is 0 Å². The Kier molecular flexibility index (Phi) is 5.62. The summed E-state index contributed by atoms with van der Waals surface area (Å²) < 4.78 is 13.2. The molecule has 34 heavy (non-hydrogen) atoms. The number of fused-ring (bicyclic) bond motifs is 1. The molecule has 0 unspecified atom stereocenters. The molecule has 2 aromatic heterocycles. The van der Waals surface area contributed by atoms with Crippen molar-refractivity contribution >= 4 is 22.9 Å². The highest BCUT2D eigenvalue weighted by Gasteiger charge is 2.34. The summed E-state index contributed by atoms with van der Waals surface area (Å²) in [6, 6.07) is 8.15. The maximum absolute atomic E-state index is 12.6. The SMILES string of the molecule is COc1cccc(-n2cc(C3CC3)c3c(N4CCN(C(=O)OC(C)(C)C)C[C@@H]4C)ncnc32)c1. The van der Waals surface area contributed by atoms with Crippen molar-refractivity contribution in [3.63, 3.8) is 0 Å². The fraction of sp³-hybridized carbons (Fsp3) is 0.500. The van der Waals surface area contributed by atoms with Crippen LogP contribution in [0.25, 0.3) is 16.7 Å². The van der Waals surface area contributed by atoms with E-state index >= 15 is 0 Å². The lowest BCUT2D eigenvalue weighted by Crippen LogP contribution is -2.54. The second kappa shape index (κ2) is 8.49. The van der Waals surface area contributed by atoms with Crippen LogP contribution in [-0.4, -0.2) is 63.9 Å². The first-order valence-electron chi connectivity index (χ1n) is 12.0.